The second-order valence-electron chi connectivity index (χ2n) is 5.21. The zero-order valence-electron chi connectivity index (χ0n) is 12.4. The molecule has 0 atom stereocenters. The van der Waals surface area contributed by atoms with Crippen LogP contribution in [0, 0.1) is 0 Å². The van der Waals surface area contributed by atoms with E-state index in [-0.39, 0.29) is 12.5 Å². The van der Waals surface area contributed by atoms with Gasteiger partial charge >= 0.3 is 6.09 Å². The van der Waals surface area contributed by atoms with Crippen molar-refractivity contribution >= 4 is 23.0 Å². The van der Waals surface area contributed by atoms with E-state index in [9.17, 15) is 9.59 Å². The second-order valence-corrected chi connectivity index (χ2v) is 5.21. The lowest BCUT2D eigenvalue weighted by molar-refractivity contribution is -0.121. The van der Waals surface area contributed by atoms with Crippen LogP contribution in [0.1, 0.15) is 5.82 Å². The number of nitrogens with one attached hydrogen (secondary N) is 1. The number of benzene rings is 1. The molecule has 2 amide bonds. The van der Waals surface area contributed by atoms with Gasteiger partial charge < -0.3 is 14.6 Å². The monoisotopic (exact) mass is 302 g/mol. The molecular weight excluding hydrogens is 284 g/mol. The Balaban J connectivity index is 1.52. The summed E-state index contributed by atoms with van der Waals surface area (Å²) in [5.41, 5.74) is 2.02. The summed E-state index contributed by atoms with van der Waals surface area (Å²) in [6.07, 6.45) is 0.215. The Morgan fingerprint density at radius 1 is 1.41 bits per heavy atom. The molecule has 0 unspecified atom stereocenters. The third-order valence-electron chi connectivity index (χ3n) is 3.73. The summed E-state index contributed by atoms with van der Waals surface area (Å²) in [4.78, 5) is 29.0. The SMILES string of the molecule is Cn1c(CCNC(=O)CN2CCOC2=O)nc2ccccc21. The lowest BCUT2D eigenvalue weighted by atomic mass is 10.3. The van der Waals surface area contributed by atoms with E-state index in [2.05, 4.69) is 10.3 Å². The molecule has 0 radical (unpaired) electrons. The minimum absolute atomic E-state index is 0.0430. The van der Waals surface area contributed by atoms with Crippen molar-refractivity contribution in [2.45, 2.75) is 6.42 Å². The number of fused-ring (bicyclic) bond motifs is 1. The van der Waals surface area contributed by atoms with Gasteiger partial charge in [-0.05, 0) is 12.1 Å². The number of carbonyl (C=O) groups is 2. The number of cyclic esters (lactones) is 1. The molecule has 1 aromatic carbocycles. The quantitative estimate of drug-likeness (QED) is 0.881. The van der Waals surface area contributed by atoms with Gasteiger partial charge in [0.25, 0.3) is 0 Å². The minimum atomic E-state index is -0.425. The van der Waals surface area contributed by atoms with Crippen LogP contribution >= 0.6 is 0 Å². The number of hydrogen-bond acceptors (Lipinski definition) is 4. The molecule has 22 heavy (non-hydrogen) atoms. The lowest BCUT2D eigenvalue weighted by Gasteiger charge is -2.12. The number of amides is 2. The van der Waals surface area contributed by atoms with Gasteiger partial charge in [-0.3, -0.25) is 9.69 Å². The fourth-order valence-electron chi connectivity index (χ4n) is 2.53. The molecular formula is C15H18N4O3. The molecule has 0 aliphatic carbocycles. The summed E-state index contributed by atoms with van der Waals surface area (Å²) in [6.45, 7) is 1.35. The second kappa shape index (κ2) is 6.05. The van der Waals surface area contributed by atoms with Crippen LogP contribution in [-0.4, -0.2) is 52.7 Å². The molecule has 7 heteroatoms. The van der Waals surface area contributed by atoms with Gasteiger partial charge in [-0.15, -0.1) is 0 Å². The van der Waals surface area contributed by atoms with Crippen LogP contribution < -0.4 is 5.32 Å². The lowest BCUT2D eigenvalue weighted by Crippen LogP contribution is -2.38. The smallest absolute Gasteiger partial charge is 0.410 e. The van der Waals surface area contributed by atoms with Crippen molar-refractivity contribution in [3.05, 3.63) is 30.1 Å². The Bertz CT molecular complexity index is 710. The molecule has 2 heterocycles. The number of aryl methyl sites for hydroxylation is 1. The van der Waals surface area contributed by atoms with E-state index in [4.69, 9.17) is 4.74 Å². The summed E-state index contributed by atoms with van der Waals surface area (Å²) in [6, 6.07) is 7.92. The highest BCUT2D eigenvalue weighted by atomic mass is 16.6. The molecule has 3 rings (SSSR count). The number of ether oxygens (including phenoxy) is 1. The number of imidazole rings is 1. The van der Waals surface area contributed by atoms with E-state index in [1.807, 2.05) is 35.9 Å². The molecule has 1 N–H and O–H groups in total. The highest BCUT2D eigenvalue weighted by Crippen LogP contribution is 2.14. The van der Waals surface area contributed by atoms with Crippen LogP contribution in [0.5, 0.6) is 0 Å². The van der Waals surface area contributed by atoms with Gasteiger partial charge in [0.2, 0.25) is 5.91 Å². The van der Waals surface area contributed by atoms with Gasteiger partial charge in [0.1, 0.15) is 19.0 Å². The first-order valence-electron chi connectivity index (χ1n) is 7.24. The molecule has 0 saturated carbocycles. The first-order chi connectivity index (χ1) is 10.6. The van der Waals surface area contributed by atoms with Gasteiger partial charge in [0, 0.05) is 20.0 Å². The number of carbonyl (C=O) groups excluding carboxylic acids is 2. The number of para-hydroxylation sites is 2. The van der Waals surface area contributed by atoms with Crippen molar-refractivity contribution < 1.29 is 14.3 Å². The van der Waals surface area contributed by atoms with Gasteiger partial charge in [0.15, 0.2) is 0 Å². The van der Waals surface area contributed by atoms with Crippen molar-refractivity contribution in [3.8, 4) is 0 Å². The van der Waals surface area contributed by atoms with E-state index < -0.39 is 6.09 Å². The summed E-state index contributed by atoms with van der Waals surface area (Å²) in [5, 5.41) is 2.81. The fraction of sp³-hybridized carbons (Fsp3) is 0.400. The van der Waals surface area contributed by atoms with Crippen LogP contribution in [0.15, 0.2) is 24.3 Å². The predicted molar refractivity (Wildman–Crippen MR) is 80.3 cm³/mol. The molecule has 2 aromatic rings. The van der Waals surface area contributed by atoms with Crippen LogP contribution in [0.3, 0.4) is 0 Å². The van der Waals surface area contributed by atoms with Crippen molar-refractivity contribution in [1.29, 1.82) is 0 Å². The average Bonchev–Trinajstić information content (AvgIpc) is 3.04. The minimum Gasteiger partial charge on any atom is -0.448 e. The summed E-state index contributed by atoms with van der Waals surface area (Å²) >= 11 is 0. The maximum absolute atomic E-state index is 11.8. The molecule has 1 aliphatic heterocycles. The summed E-state index contributed by atoms with van der Waals surface area (Å²) in [5.74, 6) is 0.736. The van der Waals surface area contributed by atoms with Crippen molar-refractivity contribution in [2.24, 2.45) is 7.05 Å². The van der Waals surface area contributed by atoms with E-state index in [1.165, 1.54) is 4.90 Å². The van der Waals surface area contributed by atoms with E-state index in [1.54, 1.807) is 0 Å². The Morgan fingerprint density at radius 2 is 2.23 bits per heavy atom. The third kappa shape index (κ3) is 2.88. The standard InChI is InChI=1S/C15H18N4O3/c1-18-12-5-3-2-4-11(12)17-13(18)6-7-16-14(20)10-19-8-9-22-15(19)21/h2-5H,6-10H2,1H3,(H,16,20). The molecule has 116 valence electrons. The first kappa shape index (κ1) is 14.4. The zero-order chi connectivity index (χ0) is 15.5. The summed E-state index contributed by atoms with van der Waals surface area (Å²) < 4.78 is 6.81. The van der Waals surface area contributed by atoms with Crippen LogP contribution in [0.25, 0.3) is 11.0 Å². The van der Waals surface area contributed by atoms with Gasteiger partial charge in [-0.1, -0.05) is 12.1 Å². The average molecular weight is 302 g/mol. The molecule has 1 saturated heterocycles. The molecule has 7 nitrogen and oxygen atoms in total. The molecule has 1 aromatic heterocycles. The van der Waals surface area contributed by atoms with Crippen molar-refractivity contribution in [1.82, 2.24) is 19.8 Å². The van der Waals surface area contributed by atoms with E-state index >= 15 is 0 Å². The predicted octanol–water partition coefficient (Wildman–Crippen LogP) is 0.684. The van der Waals surface area contributed by atoms with Crippen molar-refractivity contribution in [2.75, 3.05) is 26.2 Å². The Hall–Kier alpha value is -2.57. The molecule has 1 aliphatic rings. The number of rotatable bonds is 5. The Morgan fingerprint density at radius 3 is 2.95 bits per heavy atom. The van der Waals surface area contributed by atoms with E-state index in [0.29, 0.717) is 26.1 Å². The molecule has 0 bridgehead atoms. The van der Waals surface area contributed by atoms with Crippen LogP contribution in [0.2, 0.25) is 0 Å². The summed E-state index contributed by atoms with van der Waals surface area (Å²) in [7, 11) is 1.97. The van der Waals surface area contributed by atoms with Crippen LogP contribution in [-0.2, 0) is 23.0 Å². The Kier molecular flexibility index (Phi) is 3.95. The zero-order valence-corrected chi connectivity index (χ0v) is 12.4. The fourth-order valence-corrected chi connectivity index (χ4v) is 2.53. The van der Waals surface area contributed by atoms with Crippen LogP contribution in [0.4, 0.5) is 4.79 Å². The van der Waals surface area contributed by atoms with E-state index in [0.717, 1.165) is 16.9 Å². The molecule has 1 fully saturated rings. The topological polar surface area (TPSA) is 76.5 Å². The maximum Gasteiger partial charge on any atom is 0.410 e. The van der Waals surface area contributed by atoms with Gasteiger partial charge in [-0.2, -0.15) is 0 Å². The first-order valence-corrected chi connectivity index (χ1v) is 7.24. The maximum atomic E-state index is 11.8. The largest absolute Gasteiger partial charge is 0.448 e. The normalized spacial score (nSPS) is 14.4. The highest BCUT2D eigenvalue weighted by molar-refractivity contribution is 5.82. The third-order valence-corrected chi connectivity index (χ3v) is 3.73. The van der Waals surface area contributed by atoms with Gasteiger partial charge in [-0.25, -0.2) is 9.78 Å². The Labute approximate surface area is 127 Å². The number of hydrogen-bond donors (Lipinski definition) is 1. The van der Waals surface area contributed by atoms with Crippen molar-refractivity contribution in [3.63, 3.8) is 0 Å². The highest BCUT2D eigenvalue weighted by Gasteiger charge is 2.23. The van der Waals surface area contributed by atoms with Gasteiger partial charge in [0.05, 0.1) is 17.6 Å². The number of nitrogens with zero attached hydrogens (tertiary/aromatic N) is 3. The molecule has 0 spiro atoms. The number of aromatic nitrogens is 2.